The van der Waals surface area contributed by atoms with E-state index in [2.05, 4.69) is 15.9 Å². The van der Waals surface area contributed by atoms with E-state index in [4.69, 9.17) is 14.6 Å². The summed E-state index contributed by atoms with van der Waals surface area (Å²) in [6.07, 6.45) is 1.61. The predicted molar refractivity (Wildman–Crippen MR) is 82.6 cm³/mol. The number of hydrogen-bond donors (Lipinski definition) is 1. The Kier molecular flexibility index (Phi) is 6.78. The topological polar surface area (TPSA) is 78.6 Å². The summed E-state index contributed by atoms with van der Waals surface area (Å²) in [6.45, 7) is 2.28. The predicted octanol–water partition coefficient (Wildman–Crippen LogP) is 2.54. The highest BCUT2D eigenvalue weighted by Crippen LogP contribution is 2.35. The summed E-state index contributed by atoms with van der Waals surface area (Å²) in [6, 6.07) is 5.46. The summed E-state index contributed by atoms with van der Waals surface area (Å²) in [7, 11) is -1.94. The van der Waals surface area contributed by atoms with Gasteiger partial charge in [-0.05, 0) is 34.5 Å². The Bertz CT molecular complexity index is 533. The molecule has 7 heteroatoms. The fraction of sp³-hybridized carbons (Fsp3) is 0.538. The molecule has 0 aromatic heterocycles. The van der Waals surface area contributed by atoms with E-state index in [9.17, 15) is 8.42 Å². The van der Waals surface area contributed by atoms with Gasteiger partial charge < -0.3 is 9.47 Å². The first-order chi connectivity index (χ1) is 9.37. The average Bonchev–Trinajstić information content (AvgIpc) is 2.35. The molecular weight excluding hydrogens is 346 g/mol. The van der Waals surface area contributed by atoms with Crippen LogP contribution in [0, 0.1) is 5.92 Å². The van der Waals surface area contributed by atoms with Gasteiger partial charge in [-0.2, -0.15) is 0 Å². The molecule has 1 rings (SSSR count). The Morgan fingerprint density at radius 1 is 1.40 bits per heavy atom. The van der Waals surface area contributed by atoms with Crippen LogP contribution in [0.5, 0.6) is 11.5 Å². The van der Waals surface area contributed by atoms with E-state index in [1.165, 1.54) is 0 Å². The minimum atomic E-state index is -3.50. The van der Waals surface area contributed by atoms with Crippen molar-refractivity contribution < 1.29 is 17.9 Å². The van der Waals surface area contributed by atoms with Crippen molar-refractivity contribution in [1.82, 2.24) is 0 Å². The summed E-state index contributed by atoms with van der Waals surface area (Å²) in [4.78, 5) is 0. The second-order valence-electron chi connectivity index (χ2n) is 4.57. The van der Waals surface area contributed by atoms with Crippen molar-refractivity contribution in [2.45, 2.75) is 19.8 Å². The molecule has 0 radical (unpaired) electrons. The summed E-state index contributed by atoms with van der Waals surface area (Å²) >= 11 is 3.39. The zero-order valence-electron chi connectivity index (χ0n) is 11.6. The van der Waals surface area contributed by atoms with Gasteiger partial charge in [-0.25, -0.2) is 13.6 Å². The van der Waals surface area contributed by atoms with Crippen molar-refractivity contribution >= 4 is 26.0 Å². The third-order valence-electron chi connectivity index (χ3n) is 2.78. The van der Waals surface area contributed by atoms with Crippen LogP contribution < -0.4 is 14.6 Å². The molecule has 0 aliphatic rings. The monoisotopic (exact) mass is 365 g/mol. The lowest BCUT2D eigenvalue weighted by Gasteiger charge is -2.18. The maximum Gasteiger partial charge on any atom is 0.209 e. The lowest BCUT2D eigenvalue weighted by atomic mass is 10.1. The van der Waals surface area contributed by atoms with Gasteiger partial charge in [-0.3, -0.25) is 0 Å². The second kappa shape index (κ2) is 7.85. The van der Waals surface area contributed by atoms with Gasteiger partial charge in [-0.1, -0.05) is 19.4 Å². The Labute approximate surface area is 128 Å². The molecule has 0 spiro atoms. The van der Waals surface area contributed by atoms with E-state index in [-0.39, 0.29) is 18.3 Å². The highest BCUT2D eigenvalue weighted by atomic mass is 79.9. The Hall–Kier alpha value is -0.790. The molecule has 1 aromatic carbocycles. The van der Waals surface area contributed by atoms with Crippen molar-refractivity contribution in [3.8, 4) is 11.5 Å². The molecule has 0 bridgehead atoms. The molecule has 0 heterocycles. The SMILES string of the molecule is CCCC(COc1c(Br)cccc1OC)CS(N)(=O)=O. The van der Waals surface area contributed by atoms with Crippen molar-refractivity contribution in [3.63, 3.8) is 0 Å². The fourth-order valence-corrected chi connectivity index (χ4v) is 3.33. The van der Waals surface area contributed by atoms with Crippen LogP contribution in [0.1, 0.15) is 19.8 Å². The number of methoxy groups -OCH3 is 1. The third kappa shape index (κ3) is 5.68. The Morgan fingerprint density at radius 3 is 2.65 bits per heavy atom. The average molecular weight is 366 g/mol. The van der Waals surface area contributed by atoms with Crippen LogP contribution in [-0.4, -0.2) is 27.9 Å². The van der Waals surface area contributed by atoms with Gasteiger partial charge in [0.25, 0.3) is 0 Å². The van der Waals surface area contributed by atoms with Crippen LogP contribution in [0.4, 0.5) is 0 Å². The van der Waals surface area contributed by atoms with E-state index < -0.39 is 10.0 Å². The molecule has 0 aliphatic carbocycles. The Morgan fingerprint density at radius 2 is 2.10 bits per heavy atom. The first-order valence-corrected chi connectivity index (χ1v) is 8.84. The van der Waals surface area contributed by atoms with Gasteiger partial charge in [-0.15, -0.1) is 0 Å². The zero-order valence-corrected chi connectivity index (χ0v) is 14.0. The third-order valence-corrected chi connectivity index (χ3v) is 4.34. The van der Waals surface area contributed by atoms with Gasteiger partial charge in [0.05, 0.1) is 23.9 Å². The van der Waals surface area contributed by atoms with Crippen molar-refractivity contribution in [1.29, 1.82) is 0 Å². The lowest BCUT2D eigenvalue weighted by Crippen LogP contribution is -2.27. The number of benzene rings is 1. The van der Waals surface area contributed by atoms with E-state index in [1.54, 1.807) is 13.2 Å². The number of ether oxygens (including phenoxy) is 2. The highest BCUT2D eigenvalue weighted by molar-refractivity contribution is 9.10. The highest BCUT2D eigenvalue weighted by Gasteiger charge is 2.18. The summed E-state index contributed by atoms with van der Waals surface area (Å²) in [5.74, 6) is 0.968. The first-order valence-electron chi connectivity index (χ1n) is 6.33. The van der Waals surface area contributed by atoms with Crippen LogP contribution >= 0.6 is 15.9 Å². The molecule has 5 nitrogen and oxygen atoms in total. The normalized spacial score (nSPS) is 13.0. The van der Waals surface area contributed by atoms with Crippen LogP contribution in [0.25, 0.3) is 0 Å². The van der Waals surface area contributed by atoms with Gasteiger partial charge in [0, 0.05) is 5.92 Å². The molecule has 1 atom stereocenters. The number of sulfonamides is 1. The van der Waals surface area contributed by atoms with Gasteiger partial charge >= 0.3 is 0 Å². The molecule has 0 saturated carbocycles. The van der Waals surface area contributed by atoms with E-state index in [0.29, 0.717) is 11.5 Å². The van der Waals surface area contributed by atoms with E-state index in [0.717, 1.165) is 17.3 Å². The van der Waals surface area contributed by atoms with Crippen LogP contribution in [0.3, 0.4) is 0 Å². The number of nitrogens with two attached hydrogens (primary N) is 1. The van der Waals surface area contributed by atoms with Gasteiger partial charge in [0.1, 0.15) is 0 Å². The lowest BCUT2D eigenvalue weighted by molar-refractivity contribution is 0.240. The Balaban J connectivity index is 2.77. The van der Waals surface area contributed by atoms with Gasteiger partial charge in [0.15, 0.2) is 11.5 Å². The summed E-state index contributed by atoms with van der Waals surface area (Å²) in [5, 5.41) is 5.10. The summed E-state index contributed by atoms with van der Waals surface area (Å²) in [5.41, 5.74) is 0. The standard InChI is InChI=1S/C13H20BrNO4S/c1-3-5-10(9-20(15,16)17)8-19-13-11(14)6-4-7-12(13)18-2/h4,6-7,10H,3,5,8-9H2,1-2H3,(H2,15,16,17). The number of hydrogen-bond acceptors (Lipinski definition) is 4. The number of primary sulfonamides is 1. The molecule has 0 aliphatic heterocycles. The van der Waals surface area contributed by atoms with Crippen molar-refractivity contribution in [3.05, 3.63) is 22.7 Å². The van der Waals surface area contributed by atoms with Crippen molar-refractivity contribution in [2.75, 3.05) is 19.5 Å². The van der Waals surface area contributed by atoms with Crippen LogP contribution in [-0.2, 0) is 10.0 Å². The first kappa shape index (κ1) is 17.3. The maximum atomic E-state index is 11.2. The van der Waals surface area contributed by atoms with E-state index in [1.807, 2.05) is 19.1 Å². The minimum Gasteiger partial charge on any atom is -0.493 e. The molecule has 20 heavy (non-hydrogen) atoms. The van der Waals surface area contributed by atoms with Gasteiger partial charge in [0.2, 0.25) is 10.0 Å². The molecular formula is C13H20BrNO4S. The molecule has 114 valence electrons. The zero-order chi connectivity index (χ0) is 15.2. The van der Waals surface area contributed by atoms with Crippen molar-refractivity contribution in [2.24, 2.45) is 11.1 Å². The molecule has 0 amide bonds. The molecule has 1 aromatic rings. The molecule has 0 saturated heterocycles. The second-order valence-corrected chi connectivity index (χ2v) is 7.08. The molecule has 1 unspecified atom stereocenters. The smallest absolute Gasteiger partial charge is 0.209 e. The number of halogens is 1. The fourth-order valence-electron chi connectivity index (χ4n) is 1.94. The minimum absolute atomic E-state index is 0.0758. The molecule has 0 fully saturated rings. The number of para-hydroxylation sites is 1. The van der Waals surface area contributed by atoms with Crippen LogP contribution in [0.2, 0.25) is 0 Å². The summed E-state index contributed by atoms with van der Waals surface area (Å²) < 4.78 is 34.1. The van der Waals surface area contributed by atoms with Crippen LogP contribution in [0.15, 0.2) is 22.7 Å². The number of rotatable bonds is 8. The molecule has 2 N–H and O–H groups in total. The quantitative estimate of drug-likeness (QED) is 0.767. The largest absolute Gasteiger partial charge is 0.493 e. The van der Waals surface area contributed by atoms with E-state index >= 15 is 0 Å². The maximum absolute atomic E-state index is 11.2.